The van der Waals surface area contributed by atoms with Crippen molar-refractivity contribution in [3.05, 3.63) is 69.0 Å². The van der Waals surface area contributed by atoms with Gasteiger partial charge in [0, 0.05) is 42.7 Å². The number of carbonyl (C=O) groups is 2. The molecule has 0 amide bonds. The molecule has 8 nitrogen and oxygen atoms in total. The second-order valence-corrected chi connectivity index (χ2v) is 6.11. The molecule has 0 aliphatic heterocycles. The highest BCUT2D eigenvalue weighted by Crippen LogP contribution is 2.19. The van der Waals surface area contributed by atoms with Gasteiger partial charge in [-0.25, -0.2) is 4.79 Å². The van der Waals surface area contributed by atoms with Crippen molar-refractivity contribution in [2.75, 3.05) is 20.3 Å². The predicted molar refractivity (Wildman–Crippen MR) is 103 cm³/mol. The SMILES string of the molecule is COCCn1c(C)cc(C(=O)COC(=O)/C=C/c2ccccc2[N+](=O)[O-])c1C. The summed E-state index contributed by atoms with van der Waals surface area (Å²) in [5, 5.41) is 11.0. The maximum Gasteiger partial charge on any atom is 0.331 e. The first-order valence-electron chi connectivity index (χ1n) is 8.62. The van der Waals surface area contributed by atoms with Gasteiger partial charge >= 0.3 is 5.97 Å². The first-order chi connectivity index (χ1) is 13.3. The number of benzene rings is 1. The van der Waals surface area contributed by atoms with Crippen LogP contribution in [0.3, 0.4) is 0 Å². The van der Waals surface area contributed by atoms with E-state index in [0.717, 1.165) is 17.5 Å². The number of nitrogens with zero attached hydrogens (tertiary/aromatic N) is 2. The Labute approximate surface area is 162 Å². The molecule has 0 saturated heterocycles. The molecule has 1 heterocycles. The fraction of sp³-hybridized carbons (Fsp3) is 0.300. The molecule has 0 N–H and O–H groups in total. The Morgan fingerprint density at radius 1 is 1.25 bits per heavy atom. The molecule has 8 heteroatoms. The zero-order valence-corrected chi connectivity index (χ0v) is 16.0. The van der Waals surface area contributed by atoms with E-state index < -0.39 is 17.5 Å². The molecule has 2 aromatic rings. The first-order valence-corrected chi connectivity index (χ1v) is 8.62. The molecular formula is C20H22N2O6. The lowest BCUT2D eigenvalue weighted by Gasteiger charge is -2.08. The minimum absolute atomic E-state index is 0.119. The van der Waals surface area contributed by atoms with Crippen LogP contribution in [0.15, 0.2) is 36.4 Å². The highest BCUT2D eigenvalue weighted by atomic mass is 16.6. The van der Waals surface area contributed by atoms with Gasteiger partial charge in [-0.1, -0.05) is 12.1 Å². The van der Waals surface area contributed by atoms with E-state index in [-0.39, 0.29) is 17.0 Å². The van der Waals surface area contributed by atoms with Gasteiger partial charge in [-0.15, -0.1) is 0 Å². The van der Waals surface area contributed by atoms with Crippen LogP contribution in [-0.2, 0) is 20.8 Å². The summed E-state index contributed by atoms with van der Waals surface area (Å²) in [6.07, 6.45) is 2.36. The Morgan fingerprint density at radius 3 is 2.64 bits per heavy atom. The number of ether oxygens (including phenoxy) is 2. The number of nitro benzene ring substituents is 1. The number of nitro groups is 1. The van der Waals surface area contributed by atoms with Crippen molar-refractivity contribution in [3.8, 4) is 0 Å². The standard InChI is InChI=1S/C20H22N2O6/c1-14-12-17(15(2)21(14)10-11-27-3)19(23)13-28-20(24)9-8-16-6-4-5-7-18(16)22(25)26/h4-9,12H,10-11,13H2,1-3H3/b9-8+. The number of hydrogen-bond acceptors (Lipinski definition) is 6. The highest BCUT2D eigenvalue weighted by molar-refractivity contribution is 6.00. The van der Waals surface area contributed by atoms with Crippen LogP contribution in [0.2, 0.25) is 0 Å². The number of aromatic nitrogens is 1. The topological polar surface area (TPSA) is 101 Å². The number of methoxy groups -OCH3 is 1. The molecule has 0 fully saturated rings. The van der Waals surface area contributed by atoms with Gasteiger partial charge in [0.15, 0.2) is 6.61 Å². The molecule has 1 aromatic heterocycles. The largest absolute Gasteiger partial charge is 0.454 e. The summed E-state index contributed by atoms with van der Waals surface area (Å²) in [6.45, 7) is 4.46. The third-order valence-electron chi connectivity index (χ3n) is 4.27. The van der Waals surface area contributed by atoms with Crippen molar-refractivity contribution in [2.24, 2.45) is 0 Å². The summed E-state index contributed by atoms with van der Waals surface area (Å²) in [4.78, 5) is 34.7. The normalized spacial score (nSPS) is 11.0. The quantitative estimate of drug-likeness (QED) is 0.216. The van der Waals surface area contributed by atoms with Gasteiger partial charge in [0.2, 0.25) is 5.78 Å². The maximum absolute atomic E-state index is 12.4. The van der Waals surface area contributed by atoms with Crippen molar-refractivity contribution in [1.29, 1.82) is 0 Å². The Balaban J connectivity index is 2.00. The molecule has 0 aliphatic rings. The Hall–Kier alpha value is -3.26. The van der Waals surface area contributed by atoms with Crippen molar-refractivity contribution in [2.45, 2.75) is 20.4 Å². The lowest BCUT2D eigenvalue weighted by atomic mass is 10.1. The molecule has 0 unspecified atom stereocenters. The van der Waals surface area contributed by atoms with E-state index in [4.69, 9.17) is 9.47 Å². The van der Waals surface area contributed by atoms with E-state index in [2.05, 4.69) is 0 Å². The fourth-order valence-electron chi connectivity index (χ4n) is 2.83. The number of carbonyl (C=O) groups excluding carboxylic acids is 2. The van der Waals surface area contributed by atoms with Crippen molar-refractivity contribution in [3.63, 3.8) is 0 Å². The third kappa shape index (κ3) is 5.14. The van der Waals surface area contributed by atoms with Crippen LogP contribution in [0.1, 0.15) is 27.3 Å². The summed E-state index contributed by atoms with van der Waals surface area (Å²) < 4.78 is 12.0. The average molecular weight is 386 g/mol. The van der Waals surface area contributed by atoms with Crippen LogP contribution in [0, 0.1) is 24.0 Å². The molecule has 0 atom stereocenters. The Kier molecular flexibility index (Phi) is 7.22. The van der Waals surface area contributed by atoms with Crippen LogP contribution in [-0.4, -0.2) is 41.6 Å². The van der Waals surface area contributed by atoms with Gasteiger partial charge in [0.25, 0.3) is 5.69 Å². The van der Waals surface area contributed by atoms with Gasteiger partial charge in [-0.3, -0.25) is 14.9 Å². The van der Waals surface area contributed by atoms with E-state index in [1.54, 1.807) is 19.2 Å². The van der Waals surface area contributed by atoms with Crippen LogP contribution in [0.5, 0.6) is 0 Å². The second-order valence-electron chi connectivity index (χ2n) is 6.11. The van der Waals surface area contributed by atoms with Crippen molar-refractivity contribution in [1.82, 2.24) is 4.57 Å². The molecule has 2 rings (SSSR count). The molecule has 0 aliphatic carbocycles. The highest BCUT2D eigenvalue weighted by Gasteiger charge is 2.17. The zero-order valence-electron chi connectivity index (χ0n) is 16.0. The lowest BCUT2D eigenvalue weighted by molar-refractivity contribution is -0.385. The molecule has 1 aromatic carbocycles. The number of aryl methyl sites for hydroxylation is 1. The number of esters is 1. The Morgan fingerprint density at radius 2 is 1.96 bits per heavy atom. The van der Waals surface area contributed by atoms with Crippen LogP contribution in [0.4, 0.5) is 5.69 Å². The van der Waals surface area contributed by atoms with E-state index in [0.29, 0.717) is 18.7 Å². The molecule has 0 bridgehead atoms. The van der Waals surface area contributed by atoms with E-state index in [1.165, 1.54) is 24.3 Å². The van der Waals surface area contributed by atoms with Gasteiger partial charge in [-0.05, 0) is 32.1 Å². The molecule has 0 saturated carbocycles. The number of Topliss-reactive ketones (excluding diaryl/α,β-unsaturated/α-hetero) is 1. The lowest BCUT2D eigenvalue weighted by Crippen LogP contribution is -2.14. The molecular weight excluding hydrogens is 364 g/mol. The van der Waals surface area contributed by atoms with E-state index >= 15 is 0 Å². The minimum Gasteiger partial charge on any atom is -0.454 e. The monoisotopic (exact) mass is 386 g/mol. The number of ketones is 1. The minimum atomic E-state index is -0.750. The summed E-state index contributed by atoms with van der Waals surface area (Å²) in [5.41, 5.74) is 2.35. The zero-order chi connectivity index (χ0) is 20.7. The number of hydrogen-bond donors (Lipinski definition) is 0. The van der Waals surface area contributed by atoms with Gasteiger partial charge in [0.05, 0.1) is 17.1 Å². The van der Waals surface area contributed by atoms with E-state index in [1.807, 2.05) is 18.4 Å². The summed E-state index contributed by atoms with van der Waals surface area (Å²) in [5.74, 6) is -1.07. The Bertz CT molecular complexity index is 913. The first kappa shape index (κ1) is 21.0. The summed E-state index contributed by atoms with van der Waals surface area (Å²) >= 11 is 0. The molecule has 0 spiro atoms. The average Bonchev–Trinajstić information content (AvgIpc) is 2.96. The van der Waals surface area contributed by atoms with Gasteiger partial charge < -0.3 is 14.0 Å². The van der Waals surface area contributed by atoms with Gasteiger partial charge in [-0.2, -0.15) is 0 Å². The second kappa shape index (κ2) is 9.61. The van der Waals surface area contributed by atoms with Crippen LogP contribution < -0.4 is 0 Å². The molecule has 148 valence electrons. The summed E-state index contributed by atoms with van der Waals surface area (Å²) in [6, 6.07) is 7.77. The third-order valence-corrected chi connectivity index (χ3v) is 4.27. The number of para-hydroxylation sites is 1. The van der Waals surface area contributed by atoms with Crippen molar-refractivity contribution < 1.29 is 24.0 Å². The van der Waals surface area contributed by atoms with Crippen LogP contribution >= 0.6 is 0 Å². The fourth-order valence-corrected chi connectivity index (χ4v) is 2.83. The summed E-state index contributed by atoms with van der Waals surface area (Å²) in [7, 11) is 1.61. The van der Waals surface area contributed by atoms with Gasteiger partial charge in [0.1, 0.15) is 0 Å². The van der Waals surface area contributed by atoms with Crippen LogP contribution in [0.25, 0.3) is 6.08 Å². The predicted octanol–water partition coefficient (Wildman–Crippen LogP) is 3.10. The number of rotatable bonds is 9. The molecule has 0 radical (unpaired) electrons. The molecule has 28 heavy (non-hydrogen) atoms. The maximum atomic E-state index is 12.4. The van der Waals surface area contributed by atoms with E-state index in [9.17, 15) is 19.7 Å². The smallest absolute Gasteiger partial charge is 0.331 e. The van der Waals surface area contributed by atoms with Crippen molar-refractivity contribution >= 4 is 23.5 Å².